The van der Waals surface area contributed by atoms with E-state index in [0.717, 1.165) is 49.3 Å². The number of hydrogen-bond acceptors (Lipinski definition) is 4. The largest absolute Gasteiger partial charge is 0.493 e. The highest BCUT2D eigenvalue weighted by Crippen LogP contribution is 2.35. The first-order valence-corrected chi connectivity index (χ1v) is 11.8. The van der Waals surface area contributed by atoms with Crippen LogP contribution in [-0.4, -0.2) is 22.7 Å². The van der Waals surface area contributed by atoms with Gasteiger partial charge in [0.1, 0.15) is 23.8 Å². The van der Waals surface area contributed by atoms with Crippen molar-refractivity contribution in [3.05, 3.63) is 65.4 Å². The zero-order valence-electron chi connectivity index (χ0n) is 19.7. The van der Waals surface area contributed by atoms with Gasteiger partial charge in [0, 0.05) is 17.9 Å². The lowest BCUT2D eigenvalue weighted by Gasteiger charge is -2.14. The smallest absolute Gasteiger partial charge is 0.433 e. The Kier molecular flexibility index (Phi) is 9.34. The highest BCUT2D eigenvalue weighted by atomic mass is 19.4. The Bertz CT molecular complexity index is 1130. The summed E-state index contributed by atoms with van der Waals surface area (Å²) in [4.78, 5) is 14.4. The molecule has 8 heteroatoms. The molecule has 0 fully saturated rings. The minimum atomic E-state index is -4.56. The van der Waals surface area contributed by atoms with Crippen LogP contribution < -0.4 is 9.47 Å². The van der Waals surface area contributed by atoms with E-state index >= 15 is 0 Å². The summed E-state index contributed by atoms with van der Waals surface area (Å²) in [5.41, 5.74) is 1.14. The average Bonchev–Trinajstić information content (AvgIpc) is 2.82. The monoisotopic (exact) mass is 489 g/mol. The van der Waals surface area contributed by atoms with E-state index in [1.807, 2.05) is 31.2 Å². The number of fused-ring (bicyclic) bond motifs is 1. The Labute approximate surface area is 202 Å². The van der Waals surface area contributed by atoms with Crippen LogP contribution >= 0.6 is 0 Å². The number of hydrogen-bond donors (Lipinski definition) is 1. The lowest BCUT2D eigenvalue weighted by Crippen LogP contribution is -2.09. The van der Waals surface area contributed by atoms with E-state index in [1.165, 1.54) is 0 Å². The van der Waals surface area contributed by atoms with Crippen LogP contribution in [0.25, 0.3) is 10.9 Å². The van der Waals surface area contributed by atoms with Crippen molar-refractivity contribution in [2.24, 2.45) is 0 Å². The standard InChI is InChI=1S/C27H30F3NO4/c1-2-3-14-34-24-17-25(27(28,29)30)31-23-13-12-20(16-22(23)24)18-35-21-10-7-9-19(15-21)8-5-4-6-11-26(32)33/h7,9-10,12-13,15-17H,2-6,8,11,14,18H2,1H3,(H,32,33). The number of ether oxygens (including phenoxy) is 2. The number of alkyl halides is 3. The van der Waals surface area contributed by atoms with Crippen molar-refractivity contribution in [1.29, 1.82) is 0 Å². The zero-order chi connectivity index (χ0) is 25.3. The zero-order valence-corrected chi connectivity index (χ0v) is 19.7. The van der Waals surface area contributed by atoms with E-state index < -0.39 is 17.8 Å². The number of carbonyl (C=O) groups is 1. The molecule has 3 aromatic rings. The number of carboxylic acids is 1. The van der Waals surface area contributed by atoms with Crippen molar-refractivity contribution in [3.63, 3.8) is 0 Å². The minimum Gasteiger partial charge on any atom is -0.493 e. The maximum Gasteiger partial charge on any atom is 0.433 e. The van der Waals surface area contributed by atoms with E-state index in [4.69, 9.17) is 14.6 Å². The summed E-state index contributed by atoms with van der Waals surface area (Å²) in [7, 11) is 0. The van der Waals surface area contributed by atoms with Gasteiger partial charge in [-0.2, -0.15) is 13.2 Å². The van der Waals surface area contributed by atoms with E-state index in [0.29, 0.717) is 24.2 Å². The fourth-order valence-electron chi connectivity index (χ4n) is 3.66. The van der Waals surface area contributed by atoms with Gasteiger partial charge in [0.25, 0.3) is 0 Å². The first-order valence-electron chi connectivity index (χ1n) is 11.8. The third-order valence-corrected chi connectivity index (χ3v) is 5.54. The molecule has 0 aliphatic rings. The number of pyridine rings is 1. The summed E-state index contributed by atoms with van der Waals surface area (Å²) >= 11 is 0. The van der Waals surface area contributed by atoms with Crippen LogP contribution in [0.5, 0.6) is 11.5 Å². The molecular weight excluding hydrogens is 459 g/mol. The molecule has 1 heterocycles. The molecule has 0 aliphatic heterocycles. The molecule has 5 nitrogen and oxygen atoms in total. The average molecular weight is 490 g/mol. The molecular formula is C27H30F3NO4. The summed E-state index contributed by atoms with van der Waals surface area (Å²) in [5.74, 6) is 0.0888. The van der Waals surface area contributed by atoms with E-state index in [1.54, 1.807) is 18.2 Å². The van der Waals surface area contributed by atoms with E-state index in [-0.39, 0.29) is 24.3 Å². The van der Waals surface area contributed by atoms with Crippen molar-refractivity contribution in [2.45, 2.75) is 64.7 Å². The molecule has 0 atom stereocenters. The summed E-state index contributed by atoms with van der Waals surface area (Å²) in [6, 6.07) is 13.7. The molecule has 0 amide bonds. The fourth-order valence-corrected chi connectivity index (χ4v) is 3.66. The van der Waals surface area contributed by atoms with Crippen LogP contribution in [-0.2, 0) is 24.0 Å². The molecule has 0 aliphatic carbocycles. The fraction of sp³-hybridized carbons (Fsp3) is 0.407. The van der Waals surface area contributed by atoms with Crippen LogP contribution in [0.2, 0.25) is 0 Å². The number of unbranched alkanes of at least 4 members (excludes halogenated alkanes) is 3. The van der Waals surface area contributed by atoms with Gasteiger partial charge in [0.05, 0.1) is 12.1 Å². The number of carboxylic acid groups (broad SMARTS) is 1. The highest BCUT2D eigenvalue weighted by molar-refractivity contribution is 5.86. The topological polar surface area (TPSA) is 68.7 Å². The Balaban J connectivity index is 1.69. The number of aryl methyl sites for hydroxylation is 1. The van der Waals surface area contributed by atoms with Gasteiger partial charge >= 0.3 is 12.1 Å². The van der Waals surface area contributed by atoms with Crippen molar-refractivity contribution in [3.8, 4) is 11.5 Å². The highest BCUT2D eigenvalue weighted by Gasteiger charge is 2.33. The molecule has 0 spiro atoms. The number of aliphatic carboxylic acids is 1. The lowest BCUT2D eigenvalue weighted by atomic mass is 10.1. The quantitative estimate of drug-likeness (QED) is 0.257. The van der Waals surface area contributed by atoms with Crippen molar-refractivity contribution in [2.75, 3.05) is 6.61 Å². The molecule has 3 rings (SSSR count). The Morgan fingerprint density at radius 1 is 0.971 bits per heavy atom. The van der Waals surface area contributed by atoms with Crippen molar-refractivity contribution < 1.29 is 32.5 Å². The van der Waals surface area contributed by atoms with E-state index in [9.17, 15) is 18.0 Å². The maximum atomic E-state index is 13.3. The molecule has 0 radical (unpaired) electrons. The second-order valence-electron chi connectivity index (χ2n) is 8.45. The van der Waals surface area contributed by atoms with Crippen molar-refractivity contribution in [1.82, 2.24) is 4.98 Å². The number of rotatable bonds is 13. The van der Waals surface area contributed by atoms with Crippen LogP contribution in [0.4, 0.5) is 13.2 Å². The Hall–Kier alpha value is -3.29. The molecule has 2 aromatic carbocycles. The van der Waals surface area contributed by atoms with Gasteiger partial charge in [-0.3, -0.25) is 4.79 Å². The Morgan fingerprint density at radius 3 is 2.54 bits per heavy atom. The number of benzene rings is 2. The molecule has 0 saturated carbocycles. The van der Waals surface area contributed by atoms with Gasteiger partial charge in [-0.15, -0.1) is 0 Å². The summed E-state index contributed by atoms with van der Waals surface area (Å²) in [6.07, 6.45) is 0.485. The third-order valence-electron chi connectivity index (χ3n) is 5.54. The summed E-state index contributed by atoms with van der Waals surface area (Å²) in [5, 5.41) is 9.23. The van der Waals surface area contributed by atoms with Gasteiger partial charge in [-0.25, -0.2) is 4.98 Å². The van der Waals surface area contributed by atoms with Crippen LogP contribution in [0.15, 0.2) is 48.5 Å². The van der Waals surface area contributed by atoms with Gasteiger partial charge in [-0.05, 0) is 61.1 Å². The first kappa shape index (κ1) is 26.3. The summed E-state index contributed by atoms with van der Waals surface area (Å²) in [6.45, 7) is 2.56. The normalized spacial score (nSPS) is 11.5. The molecule has 1 aromatic heterocycles. The van der Waals surface area contributed by atoms with Crippen LogP contribution in [0.3, 0.4) is 0 Å². The lowest BCUT2D eigenvalue weighted by molar-refractivity contribution is -0.141. The molecule has 1 N–H and O–H groups in total. The van der Waals surface area contributed by atoms with Crippen LogP contribution in [0.1, 0.15) is 62.3 Å². The second-order valence-corrected chi connectivity index (χ2v) is 8.45. The predicted octanol–water partition coefficient (Wildman–Crippen LogP) is 7.20. The predicted molar refractivity (Wildman–Crippen MR) is 128 cm³/mol. The number of aromatic nitrogens is 1. The SMILES string of the molecule is CCCCOc1cc(C(F)(F)F)nc2ccc(COc3cccc(CCCCCC(=O)O)c3)cc12. The molecule has 0 unspecified atom stereocenters. The summed E-state index contributed by atoms with van der Waals surface area (Å²) < 4.78 is 51.5. The molecule has 188 valence electrons. The third kappa shape index (κ3) is 8.16. The molecule has 0 bridgehead atoms. The number of halogens is 3. The van der Waals surface area contributed by atoms with Crippen LogP contribution in [0, 0.1) is 0 Å². The van der Waals surface area contributed by atoms with Gasteiger partial charge < -0.3 is 14.6 Å². The maximum absolute atomic E-state index is 13.3. The minimum absolute atomic E-state index is 0.169. The van der Waals surface area contributed by atoms with Crippen molar-refractivity contribution >= 4 is 16.9 Å². The Morgan fingerprint density at radius 2 is 1.80 bits per heavy atom. The first-order chi connectivity index (χ1) is 16.8. The van der Waals surface area contributed by atoms with E-state index in [2.05, 4.69) is 4.98 Å². The number of nitrogens with zero attached hydrogens (tertiary/aromatic N) is 1. The molecule has 35 heavy (non-hydrogen) atoms. The second kappa shape index (κ2) is 12.4. The molecule has 0 saturated heterocycles. The van der Waals surface area contributed by atoms with Gasteiger partial charge in [0.15, 0.2) is 0 Å². The van der Waals surface area contributed by atoms with Gasteiger partial charge in [0.2, 0.25) is 0 Å². The van der Waals surface area contributed by atoms with Gasteiger partial charge in [-0.1, -0.05) is 38.0 Å².